The summed E-state index contributed by atoms with van der Waals surface area (Å²) < 4.78 is 5.25. The number of hydrogen-bond acceptors (Lipinski definition) is 3. The molecule has 3 rings (SSSR count). The van der Waals surface area contributed by atoms with Crippen LogP contribution < -0.4 is 4.90 Å². The summed E-state index contributed by atoms with van der Waals surface area (Å²) in [6.45, 7) is 5.42. The number of amides is 1. The second-order valence-corrected chi connectivity index (χ2v) is 7.88. The molecule has 1 aliphatic heterocycles. The molecular formula is C23H25NO3. The van der Waals surface area contributed by atoms with Gasteiger partial charge in [-0.15, -0.1) is 0 Å². The molecule has 0 fully saturated rings. The zero-order valence-electron chi connectivity index (χ0n) is 16.2. The zero-order chi connectivity index (χ0) is 19.7. The van der Waals surface area contributed by atoms with Gasteiger partial charge in [0.05, 0.1) is 11.7 Å². The van der Waals surface area contributed by atoms with Gasteiger partial charge in [-0.1, -0.05) is 48.5 Å². The number of fused-ring (bicyclic) bond motifs is 1. The van der Waals surface area contributed by atoms with Gasteiger partial charge in [0.1, 0.15) is 5.41 Å². The fourth-order valence-corrected chi connectivity index (χ4v) is 3.47. The molecule has 1 amide bonds. The highest BCUT2D eigenvalue weighted by Gasteiger charge is 2.49. The minimum atomic E-state index is -0.822. The van der Waals surface area contributed by atoms with E-state index in [1.54, 1.807) is 38.8 Å². The monoisotopic (exact) mass is 363 g/mol. The molecule has 0 aromatic heterocycles. The van der Waals surface area contributed by atoms with Crippen molar-refractivity contribution in [3.8, 4) is 0 Å². The third-order valence-electron chi connectivity index (χ3n) is 4.97. The van der Waals surface area contributed by atoms with E-state index < -0.39 is 10.8 Å². The molecule has 140 valence electrons. The molecule has 1 aliphatic rings. The largest absolute Gasteiger partial charge is 0.434 e. The fourth-order valence-electron chi connectivity index (χ4n) is 3.47. The molecule has 0 aliphatic carbocycles. The average Bonchev–Trinajstić information content (AvgIpc) is 2.88. The minimum absolute atomic E-state index is 0.0155. The number of hydrogen-bond donors (Lipinski definition) is 0. The first-order valence-electron chi connectivity index (χ1n) is 9.08. The number of para-hydroxylation sites is 1. The Bertz CT molecular complexity index is 880. The van der Waals surface area contributed by atoms with Crippen LogP contribution in [0.3, 0.4) is 0 Å². The van der Waals surface area contributed by atoms with Gasteiger partial charge in [0.2, 0.25) is 5.91 Å². The maximum Gasteiger partial charge on any atom is 0.316 e. The van der Waals surface area contributed by atoms with Crippen LogP contribution >= 0.6 is 0 Å². The van der Waals surface area contributed by atoms with Crippen LogP contribution in [-0.2, 0) is 19.7 Å². The van der Waals surface area contributed by atoms with Gasteiger partial charge in [-0.3, -0.25) is 9.59 Å². The quantitative estimate of drug-likeness (QED) is 0.596. The van der Waals surface area contributed by atoms with Crippen LogP contribution in [0, 0.1) is 5.41 Å². The summed E-state index contributed by atoms with van der Waals surface area (Å²) in [5.74, 6) is -0.288. The van der Waals surface area contributed by atoms with Crippen LogP contribution in [0.2, 0.25) is 0 Å². The lowest BCUT2D eigenvalue weighted by molar-refractivity contribution is -0.146. The third-order valence-corrected chi connectivity index (χ3v) is 4.97. The van der Waals surface area contributed by atoms with Crippen LogP contribution in [0.5, 0.6) is 0 Å². The van der Waals surface area contributed by atoms with Gasteiger partial charge in [-0.2, -0.15) is 0 Å². The van der Waals surface area contributed by atoms with E-state index >= 15 is 0 Å². The predicted molar refractivity (Wildman–Crippen MR) is 106 cm³/mol. The number of anilines is 1. The lowest BCUT2D eigenvalue weighted by Crippen LogP contribution is -2.39. The van der Waals surface area contributed by atoms with Gasteiger partial charge in [0.15, 0.2) is 0 Å². The first kappa shape index (κ1) is 18.9. The second kappa shape index (κ2) is 7.03. The number of rotatable bonds is 4. The van der Waals surface area contributed by atoms with E-state index in [0.29, 0.717) is 6.42 Å². The van der Waals surface area contributed by atoms with Gasteiger partial charge in [0.25, 0.3) is 0 Å². The predicted octanol–water partition coefficient (Wildman–Crippen LogP) is 4.44. The summed E-state index contributed by atoms with van der Waals surface area (Å²) in [6, 6.07) is 17.6. The van der Waals surface area contributed by atoms with E-state index in [2.05, 4.69) is 0 Å². The van der Waals surface area contributed by atoms with Crippen LogP contribution in [0.4, 0.5) is 5.69 Å². The molecule has 2 aromatic carbocycles. The normalized spacial score (nSPS) is 19.4. The Morgan fingerprint density at radius 1 is 1.07 bits per heavy atom. The van der Waals surface area contributed by atoms with Gasteiger partial charge in [0, 0.05) is 12.7 Å². The molecule has 0 N–H and O–H groups in total. The van der Waals surface area contributed by atoms with Crippen molar-refractivity contribution in [2.75, 3.05) is 11.9 Å². The van der Waals surface area contributed by atoms with Crippen LogP contribution in [0.15, 0.2) is 66.9 Å². The van der Waals surface area contributed by atoms with Gasteiger partial charge >= 0.3 is 5.97 Å². The Morgan fingerprint density at radius 2 is 1.70 bits per heavy atom. The molecule has 0 saturated carbocycles. The molecular weight excluding hydrogens is 338 g/mol. The minimum Gasteiger partial charge on any atom is -0.434 e. The zero-order valence-corrected chi connectivity index (χ0v) is 16.2. The molecule has 0 spiro atoms. The molecule has 1 heterocycles. The van der Waals surface area contributed by atoms with Crippen molar-refractivity contribution in [1.82, 2.24) is 0 Å². The van der Waals surface area contributed by atoms with Crippen molar-refractivity contribution in [2.24, 2.45) is 5.41 Å². The van der Waals surface area contributed by atoms with E-state index in [9.17, 15) is 9.59 Å². The summed E-state index contributed by atoms with van der Waals surface area (Å²) in [5, 5.41) is 0. The molecule has 0 radical (unpaired) electrons. The standard InChI is InChI=1S/C23H25NO3/c1-22(2,3)21(26)27-16-10-15-23(17-11-6-5-7-12-17)18-13-8-9-14-19(18)24(4)20(23)25/h5-14,16H,15H2,1-4H3/b16-10+/t23-/m1/s1. The van der Waals surface area contributed by atoms with Crippen molar-refractivity contribution in [1.29, 1.82) is 0 Å². The molecule has 27 heavy (non-hydrogen) atoms. The third kappa shape index (κ3) is 3.27. The van der Waals surface area contributed by atoms with Crippen molar-refractivity contribution >= 4 is 17.6 Å². The number of ether oxygens (including phenoxy) is 1. The number of likely N-dealkylation sites (N-methyl/N-ethyl adjacent to an activating group) is 1. The highest BCUT2D eigenvalue weighted by Crippen LogP contribution is 2.47. The molecule has 0 saturated heterocycles. The number of benzene rings is 2. The van der Waals surface area contributed by atoms with Gasteiger partial charge in [-0.05, 0) is 50.5 Å². The maximum absolute atomic E-state index is 13.4. The van der Waals surface area contributed by atoms with E-state index in [4.69, 9.17) is 4.74 Å². The van der Waals surface area contributed by atoms with Crippen molar-refractivity contribution in [3.05, 3.63) is 78.1 Å². The topological polar surface area (TPSA) is 46.6 Å². The van der Waals surface area contributed by atoms with E-state index in [1.165, 1.54) is 6.26 Å². The van der Waals surface area contributed by atoms with Crippen molar-refractivity contribution < 1.29 is 14.3 Å². The lowest BCUT2D eigenvalue weighted by Gasteiger charge is -2.28. The number of nitrogens with zero attached hydrogens (tertiary/aromatic N) is 1. The lowest BCUT2D eigenvalue weighted by atomic mass is 9.73. The molecule has 0 bridgehead atoms. The number of carbonyl (C=O) groups is 2. The first-order chi connectivity index (χ1) is 12.8. The van der Waals surface area contributed by atoms with E-state index in [1.807, 2.05) is 54.6 Å². The summed E-state index contributed by atoms with van der Waals surface area (Å²) in [5.41, 5.74) is 1.41. The Balaban J connectivity index is 1.99. The summed E-state index contributed by atoms with van der Waals surface area (Å²) in [7, 11) is 1.80. The summed E-state index contributed by atoms with van der Waals surface area (Å²) >= 11 is 0. The van der Waals surface area contributed by atoms with Crippen LogP contribution in [0.25, 0.3) is 0 Å². The van der Waals surface area contributed by atoms with Crippen LogP contribution in [0.1, 0.15) is 38.3 Å². The SMILES string of the molecule is CN1C(=O)[C@](C/C=C/OC(=O)C(C)(C)C)(c2ccccc2)c2ccccc21. The van der Waals surface area contributed by atoms with Crippen LogP contribution in [-0.4, -0.2) is 18.9 Å². The van der Waals surface area contributed by atoms with Gasteiger partial charge in [-0.25, -0.2) is 0 Å². The van der Waals surface area contributed by atoms with E-state index in [0.717, 1.165) is 16.8 Å². The van der Waals surface area contributed by atoms with Gasteiger partial charge < -0.3 is 9.64 Å². The molecule has 2 aromatic rings. The molecule has 4 heteroatoms. The highest BCUT2D eigenvalue weighted by molar-refractivity contribution is 6.10. The Labute approximate surface area is 160 Å². The number of carbonyl (C=O) groups excluding carboxylic acids is 2. The Hall–Kier alpha value is -2.88. The fraction of sp³-hybridized carbons (Fsp3) is 0.304. The maximum atomic E-state index is 13.4. The number of esters is 1. The first-order valence-corrected chi connectivity index (χ1v) is 9.08. The molecule has 0 unspecified atom stereocenters. The second-order valence-electron chi connectivity index (χ2n) is 7.88. The summed E-state index contributed by atoms with van der Waals surface area (Å²) in [4.78, 5) is 27.0. The smallest absolute Gasteiger partial charge is 0.316 e. The summed E-state index contributed by atoms with van der Waals surface area (Å²) in [6.07, 6.45) is 3.59. The van der Waals surface area contributed by atoms with Crippen molar-refractivity contribution in [3.63, 3.8) is 0 Å². The molecule has 4 nitrogen and oxygen atoms in total. The van der Waals surface area contributed by atoms with Crippen molar-refractivity contribution in [2.45, 2.75) is 32.6 Å². The number of allylic oxidation sites excluding steroid dienone is 1. The molecule has 1 atom stereocenters. The Morgan fingerprint density at radius 3 is 2.37 bits per heavy atom. The highest BCUT2D eigenvalue weighted by atomic mass is 16.5. The Kier molecular flexibility index (Phi) is 4.92. The van der Waals surface area contributed by atoms with E-state index in [-0.39, 0.29) is 11.9 Å². The average molecular weight is 363 g/mol.